The summed E-state index contributed by atoms with van der Waals surface area (Å²) in [5.74, 6) is 0.412. The van der Waals surface area contributed by atoms with Crippen LogP contribution in [0.4, 0.5) is 11.4 Å². The highest BCUT2D eigenvalue weighted by Crippen LogP contribution is 2.42. The third-order valence-corrected chi connectivity index (χ3v) is 5.13. The monoisotopic (exact) mass is 407 g/mol. The molecule has 2 atom stereocenters. The lowest BCUT2D eigenvalue weighted by Crippen LogP contribution is -2.29. The van der Waals surface area contributed by atoms with Gasteiger partial charge in [-0.15, -0.1) is 0 Å². The first kappa shape index (κ1) is 18.9. The lowest BCUT2D eigenvalue weighted by Gasteiger charge is -2.27. The van der Waals surface area contributed by atoms with E-state index in [-0.39, 0.29) is 18.0 Å². The summed E-state index contributed by atoms with van der Waals surface area (Å²) in [6.07, 6.45) is 3.66. The summed E-state index contributed by atoms with van der Waals surface area (Å²) in [7, 11) is 1.57. The molecule has 1 aliphatic rings. The Morgan fingerprint density at radius 1 is 1.24 bits per heavy atom. The number of rotatable bonds is 5. The van der Waals surface area contributed by atoms with E-state index in [4.69, 9.17) is 17.0 Å². The van der Waals surface area contributed by atoms with Crippen molar-refractivity contribution in [3.8, 4) is 5.75 Å². The molecule has 0 aliphatic carbocycles. The zero-order chi connectivity index (χ0) is 20.4. The summed E-state index contributed by atoms with van der Waals surface area (Å²) in [6, 6.07) is 15.2. The van der Waals surface area contributed by atoms with E-state index in [1.807, 2.05) is 59.6 Å². The second kappa shape index (κ2) is 7.92. The van der Waals surface area contributed by atoms with Crippen molar-refractivity contribution in [1.82, 2.24) is 15.3 Å². The molecule has 4 rings (SSSR count). The summed E-state index contributed by atoms with van der Waals surface area (Å²) in [4.78, 5) is 21.5. The van der Waals surface area contributed by atoms with Crippen molar-refractivity contribution >= 4 is 34.6 Å². The zero-order valence-corrected chi connectivity index (χ0v) is 16.9. The topological polar surface area (TPSA) is 82.3 Å². The molecule has 1 aromatic carbocycles. The van der Waals surface area contributed by atoms with Crippen molar-refractivity contribution in [2.75, 3.05) is 17.3 Å². The molecular formula is C21H21N5O2S. The van der Waals surface area contributed by atoms with Crippen LogP contribution in [-0.2, 0) is 4.79 Å². The van der Waals surface area contributed by atoms with Crippen LogP contribution in [0.5, 0.6) is 5.75 Å². The van der Waals surface area contributed by atoms with Gasteiger partial charge in [0.2, 0.25) is 5.91 Å². The van der Waals surface area contributed by atoms with Crippen LogP contribution in [0.15, 0.2) is 60.9 Å². The van der Waals surface area contributed by atoms with Gasteiger partial charge in [-0.1, -0.05) is 6.07 Å². The first-order valence-corrected chi connectivity index (χ1v) is 9.59. The number of thiocarbonyl (C=S) groups is 1. The summed E-state index contributed by atoms with van der Waals surface area (Å²) in [6.45, 7) is 1.47. The number of ether oxygens (including phenoxy) is 1. The van der Waals surface area contributed by atoms with Gasteiger partial charge in [0.15, 0.2) is 5.11 Å². The van der Waals surface area contributed by atoms with Crippen LogP contribution in [-0.4, -0.2) is 28.1 Å². The first-order chi connectivity index (χ1) is 14.1. The quantitative estimate of drug-likeness (QED) is 0.561. The number of carbonyl (C=O) groups is 1. The van der Waals surface area contributed by atoms with Crippen LogP contribution < -0.4 is 20.3 Å². The largest absolute Gasteiger partial charge is 0.495 e. The van der Waals surface area contributed by atoms with Gasteiger partial charge >= 0.3 is 0 Å². The summed E-state index contributed by atoms with van der Waals surface area (Å²) in [5, 5.41) is 6.81. The fourth-order valence-electron chi connectivity index (χ4n) is 3.61. The molecule has 2 unspecified atom stereocenters. The Balaban J connectivity index is 1.79. The number of hydrogen-bond donors (Lipinski definition) is 3. The van der Waals surface area contributed by atoms with Gasteiger partial charge in [0.05, 0.1) is 24.5 Å². The highest BCUT2D eigenvalue weighted by Gasteiger charge is 2.41. The highest BCUT2D eigenvalue weighted by molar-refractivity contribution is 7.80. The molecule has 0 saturated carbocycles. The van der Waals surface area contributed by atoms with Crippen molar-refractivity contribution in [2.24, 2.45) is 0 Å². The maximum absolute atomic E-state index is 11.6. The molecule has 148 valence electrons. The average Bonchev–Trinajstić information content (AvgIpc) is 3.35. The Kier molecular flexibility index (Phi) is 5.18. The average molecular weight is 407 g/mol. The van der Waals surface area contributed by atoms with Gasteiger partial charge in [0, 0.05) is 30.7 Å². The third kappa shape index (κ3) is 3.66. The number of nitrogens with zero attached hydrogens (tertiary/aromatic N) is 2. The summed E-state index contributed by atoms with van der Waals surface area (Å²) >= 11 is 5.70. The predicted molar refractivity (Wildman–Crippen MR) is 116 cm³/mol. The van der Waals surface area contributed by atoms with E-state index >= 15 is 0 Å². The number of aromatic amines is 1. The normalized spacial score (nSPS) is 18.4. The molecule has 3 heterocycles. The van der Waals surface area contributed by atoms with E-state index < -0.39 is 0 Å². The molecule has 0 spiro atoms. The van der Waals surface area contributed by atoms with Crippen LogP contribution >= 0.6 is 12.2 Å². The second-order valence-electron chi connectivity index (χ2n) is 6.69. The van der Waals surface area contributed by atoms with E-state index in [1.54, 1.807) is 13.3 Å². The van der Waals surface area contributed by atoms with E-state index in [1.165, 1.54) is 6.92 Å². The number of nitrogens with one attached hydrogen (secondary N) is 3. The molecule has 3 aromatic rings. The van der Waals surface area contributed by atoms with E-state index in [9.17, 15) is 4.79 Å². The number of benzene rings is 1. The van der Waals surface area contributed by atoms with Crippen molar-refractivity contribution in [1.29, 1.82) is 0 Å². The lowest BCUT2D eigenvalue weighted by molar-refractivity contribution is -0.114. The van der Waals surface area contributed by atoms with Crippen molar-refractivity contribution in [3.05, 3.63) is 72.3 Å². The first-order valence-electron chi connectivity index (χ1n) is 9.18. The fourth-order valence-corrected chi connectivity index (χ4v) is 3.96. The Bertz CT molecular complexity index is 1020. The number of H-pyrrole nitrogens is 1. The molecule has 0 radical (unpaired) electrons. The van der Waals surface area contributed by atoms with Crippen LogP contribution in [0.3, 0.4) is 0 Å². The van der Waals surface area contributed by atoms with Gasteiger partial charge in [0.25, 0.3) is 0 Å². The van der Waals surface area contributed by atoms with Crippen LogP contribution in [0.1, 0.15) is 30.4 Å². The second-order valence-corrected chi connectivity index (χ2v) is 7.07. The molecular weight excluding hydrogens is 386 g/mol. The van der Waals surface area contributed by atoms with Crippen molar-refractivity contribution in [3.63, 3.8) is 0 Å². The standard InChI is InChI=1S/C21H21N5O2S/c1-13(27)24-17-12-14(8-9-18(17)28-2)26-20(16-7-5-11-23-16)19(25-21(26)29)15-6-3-4-10-22-15/h3-12,19-20,23H,1-2H3,(H,24,27)(H,25,29). The van der Waals surface area contributed by atoms with Crippen LogP contribution in [0, 0.1) is 0 Å². The number of pyridine rings is 1. The smallest absolute Gasteiger partial charge is 0.221 e. The molecule has 1 amide bonds. The molecule has 1 saturated heterocycles. The predicted octanol–water partition coefficient (Wildman–Crippen LogP) is 3.55. The Morgan fingerprint density at radius 3 is 2.76 bits per heavy atom. The Morgan fingerprint density at radius 2 is 2.10 bits per heavy atom. The van der Waals surface area contributed by atoms with Gasteiger partial charge in [-0.2, -0.15) is 0 Å². The van der Waals surface area contributed by atoms with Gasteiger partial charge < -0.3 is 25.3 Å². The molecule has 1 aliphatic heterocycles. The Labute approximate surface area is 174 Å². The molecule has 0 bridgehead atoms. The molecule has 29 heavy (non-hydrogen) atoms. The minimum atomic E-state index is -0.171. The summed E-state index contributed by atoms with van der Waals surface area (Å²) in [5.41, 5.74) is 3.33. The fraction of sp³-hybridized carbons (Fsp3) is 0.190. The highest BCUT2D eigenvalue weighted by atomic mass is 32.1. The molecule has 1 fully saturated rings. The maximum Gasteiger partial charge on any atom is 0.221 e. The molecule has 7 nitrogen and oxygen atoms in total. The zero-order valence-electron chi connectivity index (χ0n) is 16.0. The van der Waals surface area contributed by atoms with Crippen LogP contribution in [0.25, 0.3) is 0 Å². The van der Waals surface area contributed by atoms with Crippen LogP contribution in [0.2, 0.25) is 0 Å². The van der Waals surface area contributed by atoms with Gasteiger partial charge in [-0.05, 0) is 54.7 Å². The third-order valence-electron chi connectivity index (χ3n) is 4.81. The number of aromatic nitrogens is 2. The SMILES string of the molecule is COc1ccc(N2C(=S)NC(c3ccccn3)C2c2ccc[nH]2)cc1NC(C)=O. The number of carbonyl (C=O) groups excluding carboxylic acids is 1. The number of methoxy groups -OCH3 is 1. The molecule has 2 aromatic heterocycles. The van der Waals surface area contributed by atoms with Crippen molar-refractivity contribution < 1.29 is 9.53 Å². The summed E-state index contributed by atoms with van der Waals surface area (Å²) < 4.78 is 5.38. The van der Waals surface area contributed by atoms with Gasteiger partial charge in [-0.25, -0.2) is 0 Å². The number of anilines is 2. The van der Waals surface area contributed by atoms with Crippen molar-refractivity contribution in [2.45, 2.75) is 19.0 Å². The number of hydrogen-bond acceptors (Lipinski definition) is 4. The minimum absolute atomic E-state index is 0.131. The van der Waals surface area contributed by atoms with Gasteiger partial charge in [0.1, 0.15) is 11.8 Å². The number of amides is 1. The molecule has 3 N–H and O–H groups in total. The Hall–Kier alpha value is -3.39. The maximum atomic E-state index is 11.6. The molecule has 8 heteroatoms. The van der Waals surface area contributed by atoms with E-state index in [0.717, 1.165) is 17.1 Å². The van der Waals surface area contributed by atoms with Gasteiger partial charge in [-0.3, -0.25) is 9.78 Å². The van der Waals surface area contributed by atoms with E-state index in [2.05, 4.69) is 20.6 Å². The van der Waals surface area contributed by atoms with E-state index in [0.29, 0.717) is 16.5 Å². The lowest BCUT2D eigenvalue weighted by atomic mass is 10.0. The minimum Gasteiger partial charge on any atom is -0.495 e.